The molecular formula is C11H14ClNO4. The first-order chi connectivity index (χ1) is 8.08. The molecule has 0 bridgehead atoms. The van der Waals surface area contributed by atoms with Crippen LogP contribution in [-0.2, 0) is 9.53 Å². The van der Waals surface area contributed by atoms with Crippen LogP contribution in [0.2, 0.25) is 5.15 Å². The van der Waals surface area contributed by atoms with Gasteiger partial charge >= 0.3 is 5.97 Å². The van der Waals surface area contributed by atoms with E-state index in [1.54, 1.807) is 6.92 Å². The van der Waals surface area contributed by atoms with Crippen molar-refractivity contribution in [1.82, 2.24) is 4.98 Å². The molecule has 1 atom stereocenters. The predicted octanol–water partition coefficient (Wildman–Crippen LogP) is 1.73. The van der Waals surface area contributed by atoms with E-state index in [0.29, 0.717) is 11.3 Å². The van der Waals surface area contributed by atoms with Crippen molar-refractivity contribution in [1.29, 1.82) is 0 Å². The van der Waals surface area contributed by atoms with Gasteiger partial charge in [-0.05, 0) is 6.92 Å². The van der Waals surface area contributed by atoms with Crippen LogP contribution in [0.1, 0.15) is 25.0 Å². The van der Waals surface area contributed by atoms with E-state index in [1.165, 1.54) is 19.4 Å². The summed E-state index contributed by atoms with van der Waals surface area (Å²) in [6.45, 7) is 1.98. The molecule has 0 aromatic carbocycles. The zero-order valence-corrected chi connectivity index (χ0v) is 10.4. The Morgan fingerprint density at radius 1 is 1.65 bits per heavy atom. The number of hydrogen-bond acceptors (Lipinski definition) is 5. The number of aliphatic hydroxyl groups is 1. The molecule has 0 fully saturated rings. The van der Waals surface area contributed by atoms with E-state index in [1.807, 2.05) is 0 Å². The highest BCUT2D eigenvalue weighted by Gasteiger charge is 2.18. The van der Waals surface area contributed by atoms with Crippen LogP contribution < -0.4 is 4.74 Å². The number of pyridine rings is 1. The van der Waals surface area contributed by atoms with E-state index in [4.69, 9.17) is 21.1 Å². The highest BCUT2D eigenvalue weighted by atomic mass is 35.5. The van der Waals surface area contributed by atoms with Crippen molar-refractivity contribution in [2.45, 2.75) is 19.4 Å². The van der Waals surface area contributed by atoms with Crippen molar-refractivity contribution in [3.63, 3.8) is 0 Å². The highest BCUT2D eigenvalue weighted by molar-refractivity contribution is 6.29. The molecule has 17 heavy (non-hydrogen) atoms. The lowest BCUT2D eigenvalue weighted by atomic mass is 10.1. The number of halogens is 1. The van der Waals surface area contributed by atoms with E-state index in [0.717, 1.165) is 0 Å². The number of carbonyl (C=O) groups is 1. The summed E-state index contributed by atoms with van der Waals surface area (Å²) in [5.74, 6) is -0.0844. The van der Waals surface area contributed by atoms with Crippen molar-refractivity contribution in [2.24, 2.45) is 0 Å². The third kappa shape index (κ3) is 3.87. The van der Waals surface area contributed by atoms with Gasteiger partial charge in [-0.3, -0.25) is 4.79 Å². The molecule has 0 aliphatic carbocycles. The maximum absolute atomic E-state index is 11.2. The molecule has 0 aliphatic heterocycles. The van der Waals surface area contributed by atoms with Crippen molar-refractivity contribution >= 4 is 17.6 Å². The first-order valence-electron chi connectivity index (χ1n) is 5.11. The molecule has 0 aliphatic rings. The second kappa shape index (κ2) is 6.42. The molecule has 1 rings (SSSR count). The Labute approximate surface area is 104 Å². The molecule has 6 heteroatoms. The molecule has 0 amide bonds. The average Bonchev–Trinajstić information content (AvgIpc) is 2.28. The number of aromatic nitrogens is 1. The maximum atomic E-state index is 11.2. The SMILES string of the molecule is CCOC(=O)CC(O)c1cnc(Cl)cc1OC. The van der Waals surface area contributed by atoms with Crippen LogP contribution >= 0.6 is 11.6 Å². The minimum Gasteiger partial charge on any atom is -0.496 e. The van der Waals surface area contributed by atoms with Crippen molar-refractivity contribution in [3.05, 3.63) is 23.0 Å². The summed E-state index contributed by atoms with van der Waals surface area (Å²) in [6.07, 6.45) is 0.215. The van der Waals surface area contributed by atoms with Gasteiger partial charge in [-0.25, -0.2) is 4.98 Å². The second-order valence-corrected chi connectivity index (χ2v) is 3.66. The molecule has 0 spiro atoms. The van der Waals surface area contributed by atoms with Gasteiger partial charge in [-0.1, -0.05) is 11.6 Å². The highest BCUT2D eigenvalue weighted by Crippen LogP contribution is 2.28. The standard InChI is InChI=1S/C11H14ClNO4/c1-3-17-11(15)4-8(14)7-6-13-10(12)5-9(7)16-2/h5-6,8,14H,3-4H2,1-2H3. The normalized spacial score (nSPS) is 12.0. The second-order valence-electron chi connectivity index (χ2n) is 3.27. The fourth-order valence-electron chi connectivity index (χ4n) is 1.34. The number of methoxy groups -OCH3 is 1. The fourth-order valence-corrected chi connectivity index (χ4v) is 1.49. The lowest BCUT2D eigenvalue weighted by Crippen LogP contribution is -2.11. The number of nitrogens with zero attached hydrogens (tertiary/aromatic N) is 1. The minimum atomic E-state index is -1.02. The van der Waals surface area contributed by atoms with Gasteiger partial charge in [0.15, 0.2) is 0 Å². The molecule has 1 aromatic rings. The van der Waals surface area contributed by atoms with Gasteiger partial charge in [0, 0.05) is 17.8 Å². The van der Waals surface area contributed by atoms with Gasteiger partial charge in [0.1, 0.15) is 10.9 Å². The molecular weight excluding hydrogens is 246 g/mol. The summed E-state index contributed by atoms with van der Waals surface area (Å²) in [4.78, 5) is 15.1. The lowest BCUT2D eigenvalue weighted by Gasteiger charge is -2.13. The quantitative estimate of drug-likeness (QED) is 0.644. The van der Waals surface area contributed by atoms with E-state index < -0.39 is 12.1 Å². The molecule has 1 unspecified atom stereocenters. The smallest absolute Gasteiger partial charge is 0.308 e. The number of ether oxygens (including phenoxy) is 2. The number of carbonyl (C=O) groups excluding carboxylic acids is 1. The van der Waals surface area contributed by atoms with Gasteiger partial charge in [0.25, 0.3) is 0 Å². The molecule has 94 valence electrons. The summed E-state index contributed by atoms with van der Waals surface area (Å²) >= 11 is 5.69. The molecule has 1 heterocycles. The Balaban J connectivity index is 2.81. The number of rotatable bonds is 5. The first-order valence-corrected chi connectivity index (χ1v) is 5.49. The third-order valence-corrected chi connectivity index (χ3v) is 2.31. The Hall–Kier alpha value is -1.33. The first kappa shape index (κ1) is 13.7. The van der Waals surface area contributed by atoms with Crippen LogP contribution in [0.5, 0.6) is 5.75 Å². The molecule has 5 nitrogen and oxygen atoms in total. The molecule has 0 radical (unpaired) electrons. The van der Waals surface area contributed by atoms with Crippen LogP contribution in [0.25, 0.3) is 0 Å². The summed E-state index contributed by atoms with van der Waals surface area (Å²) in [7, 11) is 1.45. The van der Waals surface area contributed by atoms with Crippen molar-refractivity contribution in [2.75, 3.05) is 13.7 Å². The van der Waals surface area contributed by atoms with E-state index in [9.17, 15) is 9.90 Å². The topological polar surface area (TPSA) is 68.7 Å². The van der Waals surface area contributed by atoms with Crippen LogP contribution in [0.15, 0.2) is 12.3 Å². The van der Waals surface area contributed by atoms with Gasteiger partial charge in [0.2, 0.25) is 0 Å². The number of esters is 1. The van der Waals surface area contributed by atoms with E-state index >= 15 is 0 Å². The zero-order valence-electron chi connectivity index (χ0n) is 9.64. The van der Waals surface area contributed by atoms with Crippen LogP contribution in [0, 0.1) is 0 Å². The third-order valence-electron chi connectivity index (χ3n) is 2.11. The Morgan fingerprint density at radius 3 is 2.94 bits per heavy atom. The molecule has 0 saturated heterocycles. The van der Waals surface area contributed by atoms with Crippen LogP contribution in [0.4, 0.5) is 0 Å². The Kier molecular flexibility index (Phi) is 5.18. The van der Waals surface area contributed by atoms with Crippen LogP contribution in [-0.4, -0.2) is 29.8 Å². The van der Waals surface area contributed by atoms with Gasteiger partial charge < -0.3 is 14.6 Å². The van der Waals surface area contributed by atoms with E-state index in [-0.39, 0.29) is 18.2 Å². The summed E-state index contributed by atoms with van der Waals surface area (Å²) in [6, 6.07) is 1.48. The maximum Gasteiger partial charge on any atom is 0.308 e. The molecule has 1 N–H and O–H groups in total. The Bertz CT molecular complexity index is 397. The molecule has 0 saturated carbocycles. The minimum absolute atomic E-state index is 0.145. The number of aliphatic hydroxyl groups excluding tert-OH is 1. The van der Waals surface area contributed by atoms with Gasteiger partial charge in [-0.2, -0.15) is 0 Å². The summed E-state index contributed by atoms with van der Waals surface area (Å²) in [5, 5.41) is 10.1. The predicted molar refractivity (Wildman–Crippen MR) is 62.0 cm³/mol. The van der Waals surface area contributed by atoms with Gasteiger partial charge in [-0.15, -0.1) is 0 Å². The number of hydrogen-bond donors (Lipinski definition) is 1. The lowest BCUT2D eigenvalue weighted by molar-refractivity contribution is -0.145. The Morgan fingerprint density at radius 2 is 2.35 bits per heavy atom. The fraction of sp³-hybridized carbons (Fsp3) is 0.455. The van der Waals surface area contributed by atoms with Gasteiger partial charge in [0.05, 0.1) is 26.2 Å². The van der Waals surface area contributed by atoms with Crippen molar-refractivity contribution in [3.8, 4) is 5.75 Å². The monoisotopic (exact) mass is 259 g/mol. The average molecular weight is 260 g/mol. The van der Waals surface area contributed by atoms with Crippen LogP contribution in [0.3, 0.4) is 0 Å². The largest absolute Gasteiger partial charge is 0.496 e. The molecule has 1 aromatic heterocycles. The summed E-state index contributed by atoms with van der Waals surface area (Å²) < 4.78 is 9.80. The van der Waals surface area contributed by atoms with E-state index in [2.05, 4.69) is 4.98 Å². The summed E-state index contributed by atoms with van der Waals surface area (Å²) in [5.41, 5.74) is 0.407. The van der Waals surface area contributed by atoms with Crippen molar-refractivity contribution < 1.29 is 19.4 Å². The zero-order chi connectivity index (χ0) is 12.8.